The Morgan fingerprint density at radius 1 is 1.44 bits per heavy atom. The van der Waals surface area contributed by atoms with E-state index in [-0.39, 0.29) is 6.61 Å². The molecule has 0 unspecified atom stereocenters. The molecule has 0 aliphatic heterocycles. The number of rotatable bonds is 4. The van der Waals surface area contributed by atoms with Crippen LogP contribution in [0.1, 0.15) is 11.4 Å². The normalized spacial score (nSPS) is 10.7. The summed E-state index contributed by atoms with van der Waals surface area (Å²) < 4.78 is 2.93. The van der Waals surface area contributed by atoms with Gasteiger partial charge in [-0.1, -0.05) is 22.0 Å². The van der Waals surface area contributed by atoms with Crippen LogP contribution in [0.4, 0.5) is 5.69 Å². The molecule has 1 aromatic heterocycles. The molecule has 18 heavy (non-hydrogen) atoms. The van der Waals surface area contributed by atoms with Crippen LogP contribution >= 0.6 is 15.9 Å². The smallest absolute Gasteiger partial charge is 0.127 e. The Morgan fingerprint density at radius 3 is 2.78 bits per heavy atom. The molecular formula is C13H16BrN3O. The summed E-state index contributed by atoms with van der Waals surface area (Å²) in [6, 6.07) is 5.93. The van der Waals surface area contributed by atoms with Crippen molar-refractivity contribution in [2.24, 2.45) is 7.05 Å². The second kappa shape index (κ2) is 5.54. The average Bonchev–Trinajstić information content (AvgIpc) is 2.75. The van der Waals surface area contributed by atoms with E-state index in [0.717, 1.165) is 28.1 Å². The molecule has 1 heterocycles. The minimum Gasteiger partial charge on any atom is -0.392 e. The van der Waals surface area contributed by atoms with Crippen molar-refractivity contribution < 1.29 is 5.11 Å². The fraction of sp³-hybridized carbons (Fsp3) is 0.308. The Bertz CT molecular complexity index is 539. The molecule has 0 aliphatic rings. The van der Waals surface area contributed by atoms with Gasteiger partial charge in [-0.2, -0.15) is 0 Å². The number of halogens is 1. The van der Waals surface area contributed by atoms with Gasteiger partial charge in [0.1, 0.15) is 5.82 Å². The number of aliphatic hydroxyl groups is 1. The fourth-order valence-corrected chi connectivity index (χ4v) is 2.25. The number of hydrogen-bond donors (Lipinski definition) is 1. The van der Waals surface area contributed by atoms with Gasteiger partial charge >= 0.3 is 0 Å². The van der Waals surface area contributed by atoms with Crippen LogP contribution in [0, 0.1) is 0 Å². The number of imidazole rings is 1. The first-order chi connectivity index (χ1) is 8.61. The molecule has 0 bridgehead atoms. The predicted molar refractivity (Wildman–Crippen MR) is 75.4 cm³/mol. The summed E-state index contributed by atoms with van der Waals surface area (Å²) in [4.78, 5) is 6.43. The molecule has 0 radical (unpaired) electrons. The van der Waals surface area contributed by atoms with Crippen molar-refractivity contribution in [3.63, 3.8) is 0 Å². The van der Waals surface area contributed by atoms with Crippen LogP contribution in [0.25, 0.3) is 0 Å². The molecule has 2 aromatic rings. The van der Waals surface area contributed by atoms with Gasteiger partial charge in [-0.3, -0.25) is 0 Å². The Hall–Kier alpha value is -1.33. The predicted octanol–water partition coefficient (Wildman–Crippen LogP) is 2.31. The molecule has 0 aliphatic carbocycles. The van der Waals surface area contributed by atoms with Gasteiger partial charge in [0.05, 0.1) is 13.2 Å². The zero-order chi connectivity index (χ0) is 13.1. The van der Waals surface area contributed by atoms with Crippen LogP contribution in [0.5, 0.6) is 0 Å². The van der Waals surface area contributed by atoms with E-state index in [1.165, 1.54) is 0 Å². The van der Waals surface area contributed by atoms with Crippen molar-refractivity contribution in [3.8, 4) is 0 Å². The second-order valence-corrected chi connectivity index (χ2v) is 5.10. The van der Waals surface area contributed by atoms with Crippen LogP contribution in [0.3, 0.4) is 0 Å². The molecule has 0 saturated heterocycles. The van der Waals surface area contributed by atoms with Gasteiger partial charge in [0.15, 0.2) is 0 Å². The summed E-state index contributed by atoms with van der Waals surface area (Å²) in [5, 5.41) is 9.13. The summed E-state index contributed by atoms with van der Waals surface area (Å²) in [5.74, 6) is 1.01. The molecule has 0 saturated carbocycles. The highest BCUT2D eigenvalue weighted by Gasteiger charge is 2.07. The maximum absolute atomic E-state index is 9.13. The standard InChI is InChI=1S/C13H16BrN3O/c1-16-6-5-15-13(16)8-17(2)11-4-3-10(9-18)12(14)7-11/h3-7,18H,8-9H2,1-2H3. The largest absolute Gasteiger partial charge is 0.392 e. The highest BCUT2D eigenvalue weighted by molar-refractivity contribution is 9.10. The lowest BCUT2D eigenvalue weighted by atomic mass is 10.2. The van der Waals surface area contributed by atoms with Gasteiger partial charge in [-0.25, -0.2) is 4.98 Å². The summed E-state index contributed by atoms with van der Waals surface area (Å²) in [7, 11) is 4.01. The van der Waals surface area contributed by atoms with Crippen LogP contribution < -0.4 is 4.90 Å². The Kier molecular flexibility index (Phi) is 4.04. The summed E-state index contributed by atoms with van der Waals surface area (Å²) in [5.41, 5.74) is 1.98. The van der Waals surface area contributed by atoms with E-state index in [9.17, 15) is 0 Å². The quantitative estimate of drug-likeness (QED) is 0.942. The van der Waals surface area contributed by atoms with Gasteiger partial charge in [-0.05, 0) is 17.7 Å². The lowest BCUT2D eigenvalue weighted by molar-refractivity contribution is 0.281. The number of aliphatic hydroxyl groups excluding tert-OH is 1. The SMILES string of the molecule is CN(Cc1nccn1C)c1ccc(CO)c(Br)c1. The maximum Gasteiger partial charge on any atom is 0.127 e. The molecule has 0 fully saturated rings. The third kappa shape index (κ3) is 2.73. The molecule has 96 valence electrons. The Labute approximate surface area is 115 Å². The van der Waals surface area contributed by atoms with Crippen molar-refractivity contribution in [1.82, 2.24) is 9.55 Å². The van der Waals surface area contributed by atoms with Crippen molar-refractivity contribution in [2.45, 2.75) is 13.2 Å². The Morgan fingerprint density at radius 2 is 2.22 bits per heavy atom. The fourth-order valence-electron chi connectivity index (χ4n) is 1.75. The van der Waals surface area contributed by atoms with Crippen LogP contribution in [0.2, 0.25) is 0 Å². The molecule has 5 heteroatoms. The summed E-state index contributed by atoms with van der Waals surface area (Å²) in [6.45, 7) is 0.790. The number of anilines is 1. The van der Waals surface area contributed by atoms with Crippen molar-refractivity contribution in [3.05, 3.63) is 46.5 Å². The number of nitrogens with zero attached hydrogens (tertiary/aromatic N) is 3. The topological polar surface area (TPSA) is 41.3 Å². The number of aromatic nitrogens is 2. The van der Waals surface area contributed by atoms with Crippen molar-refractivity contribution in [1.29, 1.82) is 0 Å². The van der Waals surface area contributed by atoms with E-state index in [0.29, 0.717) is 0 Å². The van der Waals surface area contributed by atoms with E-state index in [1.807, 2.05) is 43.1 Å². The van der Waals surface area contributed by atoms with E-state index < -0.39 is 0 Å². The molecule has 0 atom stereocenters. The molecule has 1 aromatic carbocycles. The van der Waals surface area contributed by atoms with Gasteiger partial charge < -0.3 is 14.6 Å². The van der Waals surface area contributed by atoms with Gasteiger partial charge in [0, 0.05) is 36.6 Å². The monoisotopic (exact) mass is 309 g/mol. The van der Waals surface area contributed by atoms with Crippen LogP contribution in [-0.2, 0) is 20.2 Å². The number of hydrogen-bond acceptors (Lipinski definition) is 3. The lowest BCUT2D eigenvalue weighted by Gasteiger charge is -2.19. The third-order valence-corrected chi connectivity index (χ3v) is 3.69. The number of aryl methyl sites for hydroxylation is 1. The van der Waals surface area contributed by atoms with Crippen molar-refractivity contribution in [2.75, 3.05) is 11.9 Å². The molecule has 1 N–H and O–H groups in total. The highest BCUT2D eigenvalue weighted by Crippen LogP contribution is 2.24. The summed E-state index contributed by atoms with van der Waals surface area (Å²) in [6.07, 6.45) is 3.74. The molecule has 0 amide bonds. The van der Waals surface area contributed by atoms with Gasteiger partial charge in [0.2, 0.25) is 0 Å². The van der Waals surface area contributed by atoms with E-state index in [2.05, 4.69) is 25.8 Å². The molecule has 0 spiro atoms. The first kappa shape index (κ1) is 13.1. The van der Waals surface area contributed by atoms with Crippen LogP contribution in [-0.4, -0.2) is 21.7 Å². The number of benzene rings is 1. The second-order valence-electron chi connectivity index (χ2n) is 4.24. The zero-order valence-electron chi connectivity index (χ0n) is 10.5. The van der Waals surface area contributed by atoms with Gasteiger partial charge in [0.25, 0.3) is 0 Å². The van der Waals surface area contributed by atoms with E-state index in [1.54, 1.807) is 6.20 Å². The van der Waals surface area contributed by atoms with Gasteiger partial charge in [-0.15, -0.1) is 0 Å². The third-order valence-electron chi connectivity index (χ3n) is 2.95. The maximum atomic E-state index is 9.13. The lowest BCUT2D eigenvalue weighted by Crippen LogP contribution is -2.19. The van der Waals surface area contributed by atoms with E-state index >= 15 is 0 Å². The molecule has 2 rings (SSSR count). The summed E-state index contributed by atoms with van der Waals surface area (Å²) >= 11 is 3.46. The average molecular weight is 310 g/mol. The highest BCUT2D eigenvalue weighted by atomic mass is 79.9. The first-order valence-corrected chi connectivity index (χ1v) is 6.47. The first-order valence-electron chi connectivity index (χ1n) is 5.68. The zero-order valence-corrected chi connectivity index (χ0v) is 12.1. The minimum atomic E-state index is 0.0456. The minimum absolute atomic E-state index is 0.0456. The Balaban J connectivity index is 2.16. The van der Waals surface area contributed by atoms with E-state index in [4.69, 9.17) is 5.11 Å². The van der Waals surface area contributed by atoms with Crippen molar-refractivity contribution >= 4 is 21.6 Å². The molecule has 4 nitrogen and oxygen atoms in total. The van der Waals surface area contributed by atoms with Crippen LogP contribution in [0.15, 0.2) is 35.1 Å². The molecular weight excluding hydrogens is 294 g/mol.